The van der Waals surface area contributed by atoms with Crippen LogP contribution in [-0.2, 0) is 25.9 Å². The van der Waals surface area contributed by atoms with Crippen molar-refractivity contribution in [2.24, 2.45) is 0 Å². The van der Waals surface area contributed by atoms with E-state index in [-0.39, 0.29) is 29.4 Å². The molecule has 0 saturated carbocycles. The van der Waals surface area contributed by atoms with Crippen LogP contribution in [0.2, 0.25) is 0 Å². The summed E-state index contributed by atoms with van der Waals surface area (Å²) < 4.78 is 102. The van der Waals surface area contributed by atoms with Gasteiger partial charge in [-0.2, -0.15) is 0 Å². The molecule has 0 aliphatic heterocycles. The first-order valence-electron chi connectivity index (χ1n) is 18.7. The SMILES string of the molecule is [2H]C([2H])([2H])C([2H])(C([2H])([2H])[2H])S(=O)(=O)c1ccc(NC(=O)OC(C)(C)C)c(NC(=O)OC(C)(C)C)c1-c1nccnc1-c1cc(-c2ccc(CN(C)C(=O)O)cc2)no1. The lowest BCUT2D eigenvalue weighted by Gasteiger charge is -2.25. The number of benzene rings is 2. The van der Waals surface area contributed by atoms with Crippen molar-refractivity contribution in [2.45, 2.75) is 83.1 Å². The molecule has 0 radical (unpaired) electrons. The molecule has 3 amide bonds. The predicted molar refractivity (Wildman–Crippen MR) is 190 cm³/mol. The number of ether oxygens (including phenoxy) is 2. The van der Waals surface area contributed by atoms with Gasteiger partial charge in [-0.05, 0) is 72.9 Å². The molecule has 3 N–H and O–H groups in total. The van der Waals surface area contributed by atoms with E-state index in [0.717, 1.165) is 23.2 Å². The highest BCUT2D eigenvalue weighted by Gasteiger charge is 2.32. The standard InChI is InChI=1S/C35H42N6O9S/c1-20(2)51(46,47)26-15-14-23(38-31(42)48-34(3,4)5)28(39-32(43)49-35(6,7)8)27(26)30-29(36-16-17-37-30)25-18-24(40-50-25)22-12-10-21(11-13-22)19-41(9)33(44)45/h10-18,20H,19H2,1-9H3,(H,38,42)(H,39,43)(H,44,45)/i1D3,2D3,20D. The number of hydrogen-bond donors (Lipinski definition) is 3. The maximum absolute atomic E-state index is 14.6. The highest BCUT2D eigenvalue weighted by molar-refractivity contribution is 7.92. The summed E-state index contributed by atoms with van der Waals surface area (Å²) in [7, 11) is -4.46. The van der Waals surface area contributed by atoms with E-state index < -0.39 is 80.1 Å². The molecule has 4 aromatic rings. The van der Waals surface area contributed by atoms with Crippen LogP contribution in [0.3, 0.4) is 0 Å². The average molecular weight is 730 g/mol. The lowest BCUT2D eigenvalue weighted by atomic mass is 10.0. The topological polar surface area (TPSA) is 203 Å². The molecule has 272 valence electrons. The molecule has 2 heterocycles. The molecule has 0 aliphatic carbocycles. The van der Waals surface area contributed by atoms with Crippen molar-refractivity contribution in [1.82, 2.24) is 20.0 Å². The van der Waals surface area contributed by atoms with Crippen molar-refractivity contribution in [3.63, 3.8) is 0 Å². The fourth-order valence-electron chi connectivity index (χ4n) is 4.55. The van der Waals surface area contributed by atoms with E-state index in [4.69, 9.17) is 23.6 Å². The van der Waals surface area contributed by atoms with Gasteiger partial charge in [0.25, 0.3) is 0 Å². The van der Waals surface area contributed by atoms with E-state index in [1.807, 2.05) is 0 Å². The Morgan fingerprint density at radius 3 is 2.10 bits per heavy atom. The first-order chi connectivity index (χ1) is 26.5. The first kappa shape index (κ1) is 29.2. The quantitative estimate of drug-likeness (QED) is 0.154. The number of aromatic nitrogens is 3. The molecule has 16 heteroatoms. The number of nitrogens with zero attached hydrogens (tertiary/aromatic N) is 4. The van der Waals surface area contributed by atoms with E-state index in [2.05, 4.69) is 25.8 Å². The fourth-order valence-corrected chi connectivity index (χ4v) is 5.49. The van der Waals surface area contributed by atoms with Gasteiger partial charge >= 0.3 is 18.3 Å². The Labute approximate surface area is 306 Å². The van der Waals surface area contributed by atoms with Crippen LogP contribution >= 0.6 is 0 Å². The second kappa shape index (κ2) is 14.8. The van der Waals surface area contributed by atoms with E-state index in [9.17, 15) is 27.9 Å². The summed E-state index contributed by atoms with van der Waals surface area (Å²) in [5, 5.41) is 13.9. The number of carboxylic acid groups (broad SMARTS) is 1. The second-order valence-electron chi connectivity index (χ2n) is 13.1. The Kier molecular flexibility index (Phi) is 8.47. The lowest BCUT2D eigenvalue weighted by molar-refractivity contribution is 0.0621. The number of sulfone groups is 1. The number of carbonyl (C=O) groups is 3. The zero-order chi connectivity index (χ0) is 43.8. The minimum absolute atomic E-state index is 0.0958. The summed E-state index contributed by atoms with van der Waals surface area (Å²) in [6.07, 6.45) is -1.12. The highest BCUT2D eigenvalue weighted by atomic mass is 32.2. The van der Waals surface area contributed by atoms with Crippen LogP contribution in [-0.4, -0.2) is 75.3 Å². The van der Waals surface area contributed by atoms with Gasteiger partial charge in [-0.3, -0.25) is 15.6 Å². The highest BCUT2D eigenvalue weighted by Crippen LogP contribution is 2.44. The number of rotatable bonds is 9. The van der Waals surface area contributed by atoms with E-state index in [1.165, 1.54) is 40.1 Å². The predicted octanol–water partition coefficient (Wildman–Crippen LogP) is 7.45. The molecule has 0 fully saturated rings. The van der Waals surface area contributed by atoms with Crippen LogP contribution in [0.5, 0.6) is 0 Å². The molecular formula is C35H42N6O9S. The monoisotopic (exact) mass is 729 g/mol. The molecular weight excluding hydrogens is 680 g/mol. The zero-order valence-corrected chi connectivity index (χ0v) is 29.6. The normalized spacial score (nSPS) is 14.7. The Hall–Kier alpha value is -5.51. The van der Waals surface area contributed by atoms with Gasteiger partial charge in [-0.25, -0.2) is 27.8 Å². The van der Waals surface area contributed by atoms with Gasteiger partial charge in [0.15, 0.2) is 15.6 Å². The van der Waals surface area contributed by atoms with Crippen molar-refractivity contribution < 1.29 is 51.5 Å². The van der Waals surface area contributed by atoms with Gasteiger partial charge in [-0.15, -0.1) is 0 Å². The first-order valence-corrected chi connectivity index (χ1v) is 16.7. The maximum atomic E-state index is 14.6. The Morgan fingerprint density at radius 2 is 1.53 bits per heavy atom. The Balaban J connectivity index is 2.07. The fraction of sp³-hybridized carbons (Fsp3) is 0.371. The van der Waals surface area contributed by atoms with Gasteiger partial charge < -0.3 is 24.0 Å². The molecule has 15 nitrogen and oxygen atoms in total. The third-order valence-corrected chi connectivity index (χ3v) is 8.12. The summed E-state index contributed by atoms with van der Waals surface area (Å²) in [6, 6.07) is 9.69. The summed E-state index contributed by atoms with van der Waals surface area (Å²) in [5.41, 5.74) is -3.19. The Bertz CT molecular complexity index is 2290. The van der Waals surface area contributed by atoms with Crippen LogP contribution in [0.4, 0.5) is 25.8 Å². The molecule has 4 rings (SSSR count). The van der Waals surface area contributed by atoms with Gasteiger partial charge in [0.05, 0.1) is 21.5 Å². The van der Waals surface area contributed by atoms with Crippen LogP contribution in [0.1, 0.15) is 70.4 Å². The van der Waals surface area contributed by atoms with Crippen molar-refractivity contribution in [3.05, 3.63) is 60.4 Å². The van der Waals surface area contributed by atoms with E-state index in [0.29, 0.717) is 11.1 Å². The number of carbonyl (C=O) groups excluding carboxylic acids is 2. The van der Waals surface area contributed by atoms with Crippen molar-refractivity contribution in [3.8, 4) is 34.0 Å². The van der Waals surface area contributed by atoms with E-state index in [1.54, 1.807) is 45.0 Å². The molecule has 0 saturated heterocycles. The molecule has 2 aromatic carbocycles. The lowest BCUT2D eigenvalue weighted by Crippen LogP contribution is -2.29. The summed E-state index contributed by atoms with van der Waals surface area (Å²) >= 11 is 0. The number of nitrogens with one attached hydrogen (secondary N) is 2. The molecule has 51 heavy (non-hydrogen) atoms. The number of amides is 3. The number of hydrogen-bond acceptors (Lipinski definition) is 11. The van der Waals surface area contributed by atoms with Crippen molar-refractivity contribution >= 4 is 39.5 Å². The molecule has 0 unspecified atom stereocenters. The summed E-state index contributed by atoms with van der Waals surface area (Å²) in [4.78, 5) is 46.4. The smallest absolute Gasteiger partial charge is 0.412 e. The van der Waals surface area contributed by atoms with Gasteiger partial charge in [0, 0.05) is 52.8 Å². The minimum Gasteiger partial charge on any atom is -0.465 e. The minimum atomic E-state index is -5.87. The second-order valence-corrected chi connectivity index (χ2v) is 15.0. The van der Waals surface area contributed by atoms with Crippen LogP contribution in [0.25, 0.3) is 34.0 Å². The molecule has 0 spiro atoms. The molecule has 0 aliphatic rings. The molecule has 0 bridgehead atoms. The maximum Gasteiger partial charge on any atom is 0.412 e. The van der Waals surface area contributed by atoms with Crippen LogP contribution in [0.15, 0.2) is 64.3 Å². The van der Waals surface area contributed by atoms with Crippen molar-refractivity contribution in [2.75, 3.05) is 17.7 Å². The van der Waals surface area contributed by atoms with Crippen LogP contribution in [0, 0.1) is 0 Å². The molecule has 0 atom stereocenters. The van der Waals surface area contributed by atoms with Gasteiger partial charge in [0.1, 0.15) is 28.3 Å². The zero-order valence-electron chi connectivity index (χ0n) is 35.8. The number of anilines is 2. The van der Waals surface area contributed by atoms with Gasteiger partial charge in [0.2, 0.25) is 0 Å². The van der Waals surface area contributed by atoms with Gasteiger partial charge in [-0.1, -0.05) is 29.4 Å². The van der Waals surface area contributed by atoms with Crippen molar-refractivity contribution in [1.29, 1.82) is 0 Å². The van der Waals surface area contributed by atoms with Crippen LogP contribution < -0.4 is 10.6 Å². The third kappa shape index (κ3) is 9.60. The largest absolute Gasteiger partial charge is 0.465 e. The Morgan fingerprint density at radius 1 is 0.941 bits per heavy atom. The average Bonchev–Trinajstić information content (AvgIpc) is 3.56. The summed E-state index contributed by atoms with van der Waals surface area (Å²) in [6.45, 7) is 1.41. The van der Waals surface area contributed by atoms with E-state index >= 15 is 0 Å². The summed E-state index contributed by atoms with van der Waals surface area (Å²) in [5.74, 6) is -0.159. The third-order valence-electron chi connectivity index (χ3n) is 6.66. The molecule has 2 aromatic heterocycles.